The molecule has 1 saturated carbocycles. The minimum atomic E-state index is -0.482. The Balaban J connectivity index is 2.33. The second-order valence-electron chi connectivity index (χ2n) is 3.69. The fourth-order valence-electron chi connectivity index (χ4n) is 1.87. The molecule has 0 heterocycles. The van der Waals surface area contributed by atoms with Gasteiger partial charge in [-0.05, 0) is 32.7 Å². The molecule has 72 valence electrons. The van der Waals surface area contributed by atoms with Gasteiger partial charge in [0.15, 0.2) is 0 Å². The van der Waals surface area contributed by atoms with Crippen LogP contribution < -0.4 is 5.32 Å². The predicted octanol–water partition coefficient (Wildman–Crippen LogP) is 0.526. The van der Waals surface area contributed by atoms with Crippen molar-refractivity contribution < 1.29 is 9.84 Å². The van der Waals surface area contributed by atoms with Crippen LogP contribution in [0.4, 0.5) is 0 Å². The second kappa shape index (κ2) is 4.21. The van der Waals surface area contributed by atoms with Crippen molar-refractivity contribution >= 4 is 0 Å². The number of hydrogen-bond acceptors (Lipinski definition) is 3. The summed E-state index contributed by atoms with van der Waals surface area (Å²) in [5, 5.41) is 13.0. The quantitative estimate of drug-likeness (QED) is 0.654. The van der Waals surface area contributed by atoms with Crippen molar-refractivity contribution in [2.45, 2.75) is 37.4 Å². The summed E-state index contributed by atoms with van der Waals surface area (Å²) in [6.07, 6.45) is 4.03. The minimum Gasteiger partial charge on any atom is -0.389 e. The average molecular weight is 173 g/mol. The molecule has 3 heteroatoms. The summed E-state index contributed by atoms with van der Waals surface area (Å²) in [5.41, 5.74) is -0.482. The fourth-order valence-corrected chi connectivity index (χ4v) is 1.87. The lowest BCUT2D eigenvalue weighted by Gasteiger charge is -2.35. The lowest BCUT2D eigenvalue weighted by atomic mass is 9.83. The Bertz CT molecular complexity index is 130. The van der Waals surface area contributed by atoms with Gasteiger partial charge in [-0.2, -0.15) is 0 Å². The molecular weight excluding hydrogens is 154 g/mol. The van der Waals surface area contributed by atoms with Crippen LogP contribution in [0.25, 0.3) is 0 Å². The van der Waals surface area contributed by atoms with Gasteiger partial charge in [0.1, 0.15) is 0 Å². The number of aliphatic hydroxyl groups is 1. The van der Waals surface area contributed by atoms with Crippen LogP contribution in [0.15, 0.2) is 0 Å². The standard InChI is InChI=1S/C9H19NO2/c1-10-7-9(11)5-3-8(12-2)4-6-9/h8,10-11H,3-7H2,1-2H3. The maximum Gasteiger partial charge on any atom is 0.0773 e. The molecule has 0 aromatic carbocycles. The first-order valence-corrected chi connectivity index (χ1v) is 4.60. The zero-order chi connectivity index (χ0) is 9.03. The van der Waals surface area contributed by atoms with Crippen molar-refractivity contribution in [1.29, 1.82) is 0 Å². The molecule has 12 heavy (non-hydrogen) atoms. The van der Waals surface area contributed by atoms with Crippen molar-refractivity contribution in [1.82, 2.24) is 5.32 Å². The summed E-state index contributed by atoms with van der Waals surface area (Å²) < 4.78 is 5.23. The van der Waals surface area contributed by atoms with E-state index in [0.29, 0.717) is 12.6 Å². The Morgan fingerprint density at radius 1 is 1.50 bits per heavy atom. The molecular formula is C9H19NO2. The van der Waals surface area contributed by atoms with Crippen molar-refractivity contribution in [2.75, 3.05) is 20.7 Å². The summed E-state index contributed by atoms with van der Waals surface area (Å²) in [6.45, 7) is 0.698. The summed E-state index contributed by atoms with van der Waals surface area (Å²) in [5.74, 6) is 0. The summed E-state index contributed by atoms with van der Waals surface area (Å²) in [7, 11) is 3.62. The number of hydrogen-bond donors (Lipinski definition) is 2. The van der Waals surface area contributed by atoms with E-state index in [0.717, 1.165) is 25.7 Å². The van der Waals surface area contributed by atoms with E-state index in [1.807, 2.05) is 7.05 Å². The van der Waals surface area contributed by atoms with Gasteiger partial charge in [-0.15, -0.1) is 0 Å². The monoisotopic (exact) mass is 173 g/mol. The van der Waals surface area contributed by atoms with E-state index >= 15 is 0 Å². The smallest absolute Gasteiger partial charge is 0.0773 e. The SMILES string of the molecule is CNCC1(O)CCC(OC)CC1. The molecule has 0 radical (unpaired) electrons. The van der Waals surface area contributed by atoms with E-state index in [1.165, 1.54) is 0 Å². The maximum atomic E-state index is 9.97. The van der Waals surface area contributed by atoms with Crippen LogP contribution in [0.5, 0.6) is 0 Å². The second-order valence-corrected chi connectivity index (χ2v) is 3.69. The zero-order valence-corrected chi connectivity index (χ0v) is 7.97. The van der Waals surface area contributed by atoms with Crippen LogP contribution >= 0.6 is 0 Å². The van der Waals surface area contributed by atoms with Gasteiger partial charge in [0.25, 0.3) is 0 Å². The largest absolute Gasteiger partial charge is 0.389 e. The lowest BCUT2D eigenvalue weighted by Crippen LogP contribution is -2.43. The van der Waals surface area contributed by atoms with Crippen molar-refractivity contribution in [3.8, 4) is 0 Å². The third-order valence-corrected chi connectivity index (χ3v) is 2.70. The molecule has 1 aliphatic rings. The molecule has 0 amide bonds. The van der Waals surface area contributed by atoms with Gasteiger partial charge in [0.2, 0.25) is 0 Å². The molecule has 0 aromatic rings. The molecule has 1 aliphatic carbocycles. The molecule has 2 N–H and O–H groups in total. The third-order valence-electron chi connectivity index (χ3n) is 2.70. The Morgan fingerprint density at radius 2 is 2.08 bits per heavy atom. The summed E-state index contributed by atoms with van der Waals surface area (Å²) >= 11 is 0. The number of likely N-dealkylation sites (N-methyl/N-ethyl adjacent to an activating group) is 1. The molecule has 1 rings (SSSR count). The van der Waals surface area contributed by atoms with E-state index in [2.05, 4.69) is 5.32 Å². The molecule has 0 bridgehead atoms. The highest BCUT2D eigenvalue weighted by Crippen LogP contribution is 2.28. The number of rotatable bonds is 3. The Morgan fingerprint density at radius 3 is 2.50 bits per heavy atom. The van der Waals surface area contributed by atoms with Gasteiger partial charge in [0.05, 0.1) is 11.7 Å². The summed E-state index contributed by atoms with van der Waals surface area (Å²) in [6, 6.07) is 0. The molecule has 0 aromatic heterocycles. The van der Waals surface area contributed by atoms with Crippen LogP contribution in [-0.2, 0) is 4.74 Å². The average Bonchev–Trinajstić information content (AvgIpc) is 2.06. The molecule has 0 saturated heterocycles. The van der Waals surface area contributed by atoms with Gasteiger partial charge in [-0.25, -0.2) is 0 Å². The lowest BCUT2D eigenvalue weighted by molar-refractivity contribution is -0.0409. The molecule has 0 aliphatic heterocycles. The Kier molecular flexibility index (Phi) is 3.50. The third kappa shape index (κ3) is 2.44. The van der Waals surface area contributed by atoms with Crippen LogP contribution in [0.2, 0.25) is 0 Å². The van der Waals surface area contributed by atoms with E-state index in [1.54, 1.807) is 7.11 Å². The van der Waals surface area contributed by atoms with Gasteiger partial charge < -0.3 is 15.2 Å². The topological polar surface area (TPSA) is 41.5 Å². The first kappa shape index (κ1) is 9.96. The number of ether oxygens (including phenoxy) is 1. The normalized spacial score (nSPS) is 36.8. The van der Waals surface area contributed by atoms with Gasteiger partial charge >= 0.3 is 0 Å². The Labute approximate surface area is 74.1 Å². The van der Waals surface area contributed by atoms with Gasteiger partial charge in [-0.3, -0.25) is 0 Å². The first-order valence-electron chi connectivity index (χ1n) is 4.60. The van der Waals surface area contributed by atoms with E-state index in [-0.39, 0.29) is 0 Å². The highest BCUT2D eigenvalue weighted by atomic mass is 16.5. The van der Waals surface area contributed by atoms with Crippen LogP contribution in [0, 0.1) is 0 Å². The van der Waals surface area contributed by atoms with E-state index in [4.69, 9.17) is 4.74 Å². The molecule has 0 atom stereocenters. The van der Waals surface area contributed by atoms with Gasteiger partial charge in [-0.1, -0.05) is 0 Å². The molecule has 1 fully saturated rings. The summed E-state index contributed by atoms with van der Waals surface area (Å²) in [4.78, 5) is 0. The fraction of sp³-hybridized carbons (Fsp3) is 1.00. The van der Waals surface area contributed by atoms with E-state index in [9.17, 15) is 5.11 Å². The van der Waals surface area contributed by atoms with Crippen LogP contribution in [0.3, 0.4) is 0 Å². The van der Waals surface area contributed by atoms with Crippen LogP contribution in [0.1, 0.15) is 25.7 Å². The molecule has 0 unspecified atom stereocenters. The first-order chi connectivity index (χ1) is 5.70. The van der Waals surface area contributed by atoms with E-state index < -0.39 is 5.60 Å². The van der Waals surface area contributed by atoms with Crippen molar-refractivity contribution in [3.63, 3.8) is 0 Å². The number of methoxy groups -OCH3 is 1. The van der Waals surface area contributed by atoms with Gasteiger partial charge in [0, 0.05) is 13.7 Å². The van der Waals surface area contributed by atoms with Crippen molar-refractivity contribution in [3.05, 3.63) is 0 Å². The zero-order valence-electron chi connectivity index (χ0n) is 7.97. The number of nitrogens with one attached hydrogen (secondary N) is 1. The minimum absolute atomic E-state index is 0.363. The highest BCUT2D eigenvalue weighted by molar-refractivity contribution is 4.87. The maximum absolute atomic E-state index is 9.97. The molecule has 3 nitrogen and oxygen atoms in total. The van der Waals surface area contributed by atoms with Crippen LogP contribution in [-0.4, -0.2) is 37.5 Å². The van der Waals surface area contributed by atoms with Crippen molar-refractivity contribution in [2.24, 2.45) is 0 Å². The molecule has 0 spiro atoms. The Hall–Kier alpha value is -0.120. The highest BCUT2D eigenvalue weighted by Gasteiger charge is 2.32. The predicted molar refractivity (Wildman–Crippen MR) is 48.1 cm³/mol.